The van der Waals surface area contributed by atoms with E-state index in [0.29, 0.717) is 6.42 Å². The molecule has 0 N–H and O–H groups in total. The van der Waals surface area contributed by atoms with Gasteiger partial charge < -0.3 is 9.26 Å². The molecule has 1 aromatic carbocycles. The molecule has 4 nitrogen and oxygen atoms in total. The largest absolute Gasteiger partial charge is 0.469 e. The fourth-order valence-corrected chi connectivity index (χ4v) is 2.60. The summed E-state index contributed by atoms with van der Waals surface area (Å²) in [5, 5.41) is 4.16. The Balaban J connectivity index is 1.90. The Morgan fingerprint density at radius 3 is 2.89 bits per heavy atom. The normalized spacial score (nSPS) is 17.8. The van der Waals surface area contributed by atoms with Crippen molar-refractivity contribution in [1.82, 2.24) is 5.16 Å². The van der Waals surface area contributed by atoms with Gasteiger partial charge in [0.2, 0.25) is 0 Å². The van der Waals surface area contributed by atoms with Gasteiger partial charge in [-0.25, -0.2) is 0 Å². The number of ether oxygens (including phenoxy) is 1. The summed E-state index contributed by atoms with van der Waals surface area (Å²) < 4.78 is 10.2. The molecule has 0 fully saturated rings. The van der Waals surface area contributed by atoms with E-state index in [9.17, 15) is 4.79 Å². The van der Waals surface area contributed by atoms with E-state index in [4.69, 9.17) is 9.26 Å². The van der Waals surface area contributed by atoms with Crippen LogP contribution in [0, 0.1) is 5.92 Å². The van der Waals surface area contributed by atoms with Crippen LogP contribution in [0.2, 0.25) is 0 Å². The fourth-order valence-electron chi connectivity index (χ4n) is 2.60. The van der Waals surface area contributed by atoms with E-state index in [0.717, 1.165) is 35.4 Å². The lowest BCUT2D eigenvalue weighted by molar-refractivity contribution is -0.145. The Labute approximate surface area is 111 Å². The molecule has 98 valence electrons. The van der Waals surface area contributed by atoms with E-state index in [1.807, 2.05) is 30.3 Å². The van der Waals surface area contributed by atoms with Gasteiger partial charge in [0.05, 0.1) is 13.0 Å². The highest BCUT2D eigenvalue weighted by Crippen LogP contribution is 2.33. The standard InChI is InChI=1S/C15H15NO3/c1-18-15(17)11-7-8-12-13(9-11)19-16-14(12)10-5-3-2-4-6-10/h2-6,11H,7-9H2,1H3. The molecule has 3 rings (SSSR count). The summed E-state index contributed by atoms with van der Waals surface area (Å²) in [6.45, 7) is 0. The number of carbonyl (C=O) groups excluding carboxylic acids is 1. The predicted octanol–water partition coefficient (Wildman–Crippen LogP) is 2.62. The third kappa shape index (κ3) is 2.14. The smallest absolute Gasteiger partial charge is 0.309 e. The number of rotatable bonds is 2. The maximum Gasteiger partial charge on any atom is 0.309 e. The maximum absolute atomic E-state index is 11.6. The van der Waals surface area contributed by atoms with Crippen LogP contribution in [0.25, 0.3) is 11.3 Å². The molecule has 1 aliphatic carbocycles. The molecule has 1 aromatic heterocycles. The van der Waals surface area contributed by atoms with Crippen molar-refractivity contribution in [2.75, 3.05) is 7.11 Å². The Bertz CT molecular complexity index is 589. The van der Waals surface area contributed by atoms with Crippen molar-refractivity contribution < 1.29 is 14.1 Å². The summed E-state index contributed by atoms with van der Waals surface area (Å²) in [6.07, 6.45) is 2.19. The first kappa shape index (κ1) is 12.0. The van der Waals surface area contributed by atoms with Crippen LogP contribution in [0.3, 0.4) is 0 Å². The average molecular weight is 257 g/mol. The molecule has 19 heavy (non-hydrogen) atoms. The van der Waals surface area contributed by atoms with Crippen molar-refractivity contribution in [3.05, 3.63) is 41.7 Å². The molecular formula is C15H15NO3. The predicted molar refractivity (Wildman–Crippen MR) is 69.5 cm³/mol. The molecule has 1 unspecified atom stereocenters. The summed E-state index contributed by atoms with van der Waals surface area (Å²) in [5.41, 5.74) is 3.09. The number of hydrogen-bond acceptors (Lipinski definition) is 4. The van der Waals surface area contributed by atoms with E-state index in [-0.39, 0.29) is 11.9 Å². The van der Waals surface area contributed by atoms with Gasteiger partial charge in [-0.3, -0.25) is 4.79 Å². The van der Waals surface area contributed by atoms with Gasteiger partial charge in [0.1, 0.15) is 11.5 Å². The highest BCUT2D eigenvalue weighted by atomic mass is 16.5. The van der Waals surface area contributed by atoms with Crippen molar-refractivity contribution in [3.8, 4) is 11.3 Å². The summed E-state index contributed by atoms with van der Waals surface area (Å²) in [7, 11) is 1.42. The van der Waals surface area contributed by atoms with Crippen LogP contribution < -0.4 is 0 Å². The molecule has 1 heterocycles. The lowest BCUT2D eigenvalue weighted by atomic mass is 9.86. The van der Waals surface area contributed by atoms with Gasteiger partial charge in [-0.15, -0.1) is 0 Å². The molecule has 0 radical (unpaired) electrons. The van der Waals surface area contributed by atoms with Crippen LogP contribution in [-0.2, 0) is 22.4 Å². The third-order valence-electron chi connectivity index (χ3n) is 3.63. The second-order valence-electron chi connectivity index (χ2n) is 4.76. The van der Waals surface area contributed by atoms with Crippen LogP contribution in [0.5, 0.6) is 0 Å². The molecule has 2 aromatic rings. The summed E-state index contributed by atoms with van der Waals surface area (Å²) in [6, 6.07) is 9.98. The van der Waals surface area contributed by atoms with E-state index >= 15 is 0 Å². The highest BCUT2D eigenvalue weighted by Gasteiger charge is 2.30. The molecule has 0 bridgehead atoms. The molecule has 0 saturated heterocycles. The van der Waals surface area contributed by atoms with Crippen LogP contribution in [0.15, 0.2) is 34.9 Å². The van der Waals surface area contributed by atoms with Gasteiger partial charge in [0.25, 0.3) is 0 Å². The Hall–Kier alpha value is -2.10. The quantitative estimate of drug-likeness (QED) is 0.776. The number of esters is 1. The molecule has 1 aliphatic rings. The van der Waals surface area contributed by atoms with Crippen LogP contribution in [-0.4, -0.2) is 18.2 Å². The first-order chi connectivity index (χ1) is 9.29. The number of hydrogen-bond donors (Lipinski definition) is 0. The minimum atomic E-state index is -0.164. The highest BCUT2D eigenvalue weighted by molar-refractivity contribution is 5.73. The summed E-state index contributed by atoms with van der Waals surface area (Å²) >= 11 is 0. The van der Waals surface area contributed by atoms with Crippen molar-refractivity contribution in [2.45, 2.75) is 19.3 Å². The molecule has 4 heteroatoms. The number of carbonyl (C=O) groups is 1. The maximum atomic E-state index is 11.6. The summed E-state index contributed by atoms with van der Waals surface area (Å²) in [5.74, 6) is 0.554. The van der Waals surface area contributed by atoms with Gasteiger partial charge in [-0.2, -0.15) is 0 Å². The van der Waals surface area contributed by atoms with E-state index in [1.54, 1.807) is 0 Å². The molecular weight excluding hydrogens is 242 g/mol. The van der Waals surface area contributed by atoms with Crippen molar-refractivity contribution >= 4 is 5.97 Å². The van der Waals surface area contributed by atoms with Gasteiger partial charge in [0.15, 0.2) is 0 Å². The SMILES string of the molecule is COC(=O)C1CCc2c(-c3ccccc3)noc2C1. The number of nitrogens with zero attached hydrogens (tertiary/aromatic N) is 1. The monoisotopic (exact) mass is 257 g/mol. The first-order valence-corrected chi connectivity index (χ1v) is 6.40. The molecule has 1 atom stereocenters. The van der Waals surface area contributed by atoms with E-state index in [2.05, 4.69) is 5.16 Å². The van der Waals surface area contributed by atoms with Gasteiger partial charge in [-0.1, -0.05) is 35.5 Å². The number of methoxy groups -OCH3 is 1. The minimum absolute atomic E-state index is 0.103. The van der Waals surface area contributed by atoms with Gasteiger partial charge in [0, 0.05) is 17.5 Å². The Morgan fingerprint density at radius 2 is 2.16 bits per heavy atom. The lowest BCUT2D eigenvalue weighted by Crippen LogP contribution is -2.23. The molecule has 0 spiro atoms. The average Bonchev–Trinajstić information content (AvgIpc) is 2.90. The molecule has 0 amide bonds. The zero-order valence-electron chi connectivity index (χ0n) is 10.8. The van der Waals surface area contributed by atoms with E-state index < -0.39 is 0 Å². The lowest BCUT2D eigenvalue weighted by Gasteiger charge is -2.18. The van der Waals surface area contributed by atoms with E-state index in [1.165, 1.54) is 7.11 Å². The molecule has 0 aliphatic heterocycles. The second-order valence-corrected chi connectivity index (χ2v) is 4.76. The van der Waals surface area contributed by atoms with Crippen molar-refractivity contribution in [1.29, 1.82) is 0 Å². The minimum Gasteiger partial charge on any atom is -0.469 e. The van der Waals surface area contributed by atoms with Crippen LogP contribution in [0.1, 0.15) is 17.7 Å². The Morgan fingerprint density at radius 1 is 1.37 bits per heavy atom. The van der Waals surface area contributed by atoms with Crippen molar-refractivity contribution in [3.63, 3.8) is 0 Å². The summed E-state index contributed by atoms with van der Waals surface area (Å²) in [4.78, 5) is 11.6. The third-order valence-corrected chi connectivity index (χ3v) is 3.63. The molecule has 0 saturated carbocycles. The first-order valence-electron chi connectivity index (χ1n) is 6.40. The zero-order chi connectivity index (χ0) is 13.2. The number of aromatic nitrogens is 1. The van der Waals surface area contributed by atoms with Crippen LogP contribution >= 0.6 is 0 Å². The Kier molecular flexibility index (Phi) is 3.07. The second kappa shape index (κ2) is 4.88. The topological polar surface area (TPSA) is 52.3 Å². The van der Waals surface area contributed by atoms with Crippen molar-refractivity contribution in [2.24, 2.45) is 5.92 Å². The van der Waals surface area contributed by atoms with Gasteiger partial charge in [-0.05, 0) is 12.8 Å². The number of fused-ring (bicyclic) bond motifs is 1. The zero-order valence-corrected chi connectivity index (χ0v) is 10.8. The van der Waals surface area contributed by atoms with Crippen LogP contribution in [0.4, 0.5) is 0 Å². The number of benzene rings is 1. The fraction of sp³-hybridized carbons (Fsp3) is 0.333. The van der Waals surface area contributed by atoms with Gasteiger partial charge >= 0.3 is 5.97 Å².